The van der Waals surface area contributed by atoms with Crippen LogP contribution in [0.15, 0.2) is 53.5 Å². The number of nitrogens with one attached hydrogen (secondary N) is 2. The zero-order chi connectivity index (χ0) is 18.0. The lowest BCUT2D eigenvalue weighted by Gasteiger charge is -2.14. The summed E-state index contributed by atoms with van der Waals surface area (Å²) in [6, 6.07) is 15.6. The molecule has 0 amide bonds. The number of hydrogen-bond donors (Lipinski definition) is 2. The summed E-state index contributed by atoms with van der Waals surface area (Å²) in [7, 11) is 1.75. The summed E-state index contributed by atoms with van der Waals surface area (Å²) >= 11 is 0. The van der Waals surface area contributed by atoms with Gasteiger partial charge >= 0.3 is 0 Å². The fourth-order valence-corrected chi connectivity index (χ4v) is 2.54. The van der Waals surface area contributed by atoms with E-state index >= 15 is 0 Å². The Morgan fingerprint density at radius 3 is 2.63 bits per heavy atom. The number of hydrogen-bond acceptors (Lipinski definition) is 4. The van der Waals surface area contributed by atoms with Gasteiger partial charge in [0.25, 0.3) is 0 Å². The SMILES string of the molecule is CN=C(NCCCOc1ccccc1)Nc1ccc2c(c1)OCCCO2.I. The predicted octanol–water partition coefficient (Wildman–Crippen LogP) is 3.92. The molecule has 6 nitrogen and oxygen atoms in total. The van der Waals surface area contributed by atoms with Gasteiger partial charge in [-0.1, -0.05) is 18.2 Å². The van der Waals surface area contributed by atoms with Crippen molar-refractivity contribution < 1.29 is 14.2 Å². The Morgan fingerprint density at radius 1 is 1.07 bits per heavy atom. The molecule has 0 atom stereocenters. The fraction of sp³-hybridized carbons (Fsp3) is 0.350. The van der Waals surface area contributed by atoms with Gasteiger partial charge in [-0.05, 0) is 30.7 Å². The Hall–Kier alpha value is -2.16. The van der Waals surface area contributed by atoms with Crippen molar-refractivity contribution in [1.29, 1.82) is 0 Å². The molecule has 0 unspecified atom stereocenters. The normalized spacial score (nSPS) is 13.1. The van der Waals surface area contributed by atoms with Crippen LogP contribution in [0.3, 0.4) is 0 Å². The molecule has 0 aliphatic carbocycles. The van der Waals surface area contributed by atoms with Crippen LogP contribution in [0.5, 0.6) is 17.2 Å². The van der Waals surface area contributed by atoms with E-state index in [0.717, 1.165) is 42.3 Å². The maximum absolute atomic E-state index is 5.72. The van der Waals surface area contributed by atoms with Gasteiger partial charge in [0.1, 0.15) is 5.75 Å². The van der Waals surface area contributed by atoms with E-state index in [2.05, 4.69) is 15.6 Å². The minimum Gasteiger partial charge on any atom is -0.494 e. The minimum absolute atomic E-state index is 0. The predicted molar refractivity (Wildman–Crippen MR) is 119 cm³/mol. The van der Waals surface area contributed by atoms with Gasteiger partial charge < -0.3 is 24.8 Å². The van der Waals surface area contributed by atoms with Crippen molar-refractivity contribution in [3.8, 4) is 17.2 Å². The third-order valence-corrected chi connectivity index (χ3v) is 3.86. The molecule has 0 aromatic heterocycles. The molecule has 0 saturated heterocycles. The second-order valence-electron chi connectivity index (χ2n) is 5.85. The summed E-state index contributed by atoms with van der Waals surface area (Å²) in [6.07, 6.45) is 1.77. The molecule has 3 rings (SSSR count). The topological polar surface area (TPSA) is 64.1 Å². The zero-order valence-electron chi connectivity index (χ0n) is 15.4. The van der Waals surface area contributed by atoms with E-state index < -0.39 is 0 Å². The highest BCUT2D eigenvalue weighted by Gasteiger charge is 2.11. The molecule has 1 aliphatic heterocycles. The van der Waals surface area contributed by atoms with Crippen LogP contribution in [0.1, 0.15) is 12.8 Å². The summed E-state index contributed by atoms with van der Waals surface area (Å²) in [5.41, 5.74) is 0.905. The standard InChI is InChI=1S/C20H25N3O3.HI/c1-21-20(22-11-5-12-24-17-7-3-2-4-8-17)23-16-9-10-18-19(15-16)26-14-6-13-25-18;/h2-4,7-10,15H,5-6,11-14H2,1H3,(H2,21,22,23);1H. The van der Waals surface area contributed by atoms with Crippen LogP contribution in [0, 0.1) is 0 Å². The highest BCUT2D eigenvalue weighted by Crippen LogP contribution is 2.32. The van der Waals surface area contributed by atoms with E-state index in [0.29, 0.717) is 25.8 Å². The first kappa shape index (κ1) is 21.1. The maximum atomic E-state index is 5.72. The molecule has 0 bridgehead atoms. The Bertz CT molecular complexity index is 726. The first-order valence-corrected chi connectivity index (χ1v) is 8.90. The molecule has 1 aliphatic rings. The van der Waals surface area contributed by atoms with Crippen molar-refractivity contribution in [3.05, 3.63) is 48.5 Å². The smallest absolute Gasteiger partial charge is 0.195 e. The highest BCUT2D eigenvalue weighted by atomic mass is 127. The van der Waals surface area contributed by atoms with Crippen LogP contribution in [0.25, 0.3) is 0 Å². The van der Waals surface area contributed by atoms with Crippen molar-refractivity contribution in [2.45, 2.75) is 12.8 Å². The van der Waals surface area contributed by atoms with Crippen molar-refractivity contribution in [3.63, 3.8) is 0 Å². The Labute approximate surface area is 177 Å². The van der Waals surface area contributed by atoms with Gasteiger partial charge in [0.15, 0.2) is 17.5 Å². The molecule has 27 heavy (non-hydrogen) atoms. The van der Waals surface area contributed by atoms with Crippen molar-refractivity contribution in [2.24, 2.45) is 4.99 Å². The molecule has 2 aromatic carbocycles. The van der Waals surface area contributed by atoms with E-state index in [1.165, 1.54) is 0 Å². The van der Waals surface area contributed by atoms with Gasteiger partial charge in [-0.3, -0.25) is 4.99 Å². The number of benzene rings is 2. The summed E-state index contributed by atoms with van der Waals surface area (Å²) in [5.74, 6) is 3.15. The average Bonchev–Trinajstić information content (AvgIpc) is 2.92. The third kappa shape index (κ3) is 6.82. The van der Waals surface area contributed by atoms with Crippen LogP contribution in [0.4, 0.5) is 5.69 Å². The van der Waals surface area contributed by atoms with Crippen LogP contribution >= 0.6 is 24.0 Å². The molecule has 0 radical (unpaired) electrons. The third-order valence-electron chi connectivity index (χ3n) is 3.86. The number of guanidine groups is 1. The van der Waals surface area contributed by atoms with Gasteiger partial charge in [-0.25, -0.2) is 0 Å². The fourth-order valence-electron chi connectivity index (χ4n) is 2.54. The second kappa shape index (κ2) is 11.5. The van der Waals surface area contributed by atoms with Gasteiger partial charge in [0, 0.05) is 31.8 Å². The Balaban J connectivity index is 0.00000261. The van der Waals surface area contributed by atoms with E-state index in [-0.39, 0.29) is 24.0 Å². The molecule has 0 fully saturated rings. The van der Waals surface area contributed by atoms with E-state index in [1.54, 1.807) is 7.05 Å². The average molecular weight is 483 g/mol. The monoisotopic (exact) mass is 483 g/mol. The highest BCUT2D eigenvalue weighted by molar-refractivity contribution is 14.0. The second-order valence-corrected chi connectivity index (χ2v) is 5.85. The minimum atomic E-state index is 0. The van der Waals surface area contributed by atoms with E-state index in [9.17, 15) is 0 Å². The lowest BCUT2D eigenvalue weighted by atomic mass is 10.3. The molecule has 1 heterocycles. The Morgan fingerprint density at radius 2 is 1.85 bits per heavy atom. The quantitative estimate of drug-likeness (QED) is 0.282. The van der Waals surface area contributed by atoms with Gasteiger partial charge in [0.2, 0.25) is 0 Å². The zero-order valence-corrected chi connectivity index (χ0v) is 17.8. The number of para-hydroxylation sites is 1. The van der Waals surface area contributed by atoms with E-state index in [4.69, 9.17) is 14.2 Å². The van der Waals surface area contributed by atoms with Crippen molar-refractivity contribution in [2.75, 3.05) is 38.7 Å². The number of ether oxygens (including phenoxy) is 3. The number of aliphatic imine (C=N–C) groups is 1. The van der Waals surface area contributed by atoms with Crippen LogP contribution in [-0.2, 0) is 0 Å². The number of nitrogens with zero attached hydrogens (tertiary/aromatic N) is 1. The molecule has 7 heteroatoms. The summed E-state index contributed by atoms with van der Waals surface area (Å²) in [6.45, 7) is 2.77. The van der Waals surface area contributed by atoms with E-state index in [1.807, 2.05) is 48.5 Å². The summed E-state index contributed by atoms with van der Waals surface area (Å²) < 4.78 is 17.1. The van der Waals surface area contributed by atoms with Crippen LogP contribution in [0.2, 0.25) is 0 Å². The first-order chi connectivity index (χ1) is 12.8. The molecular weight excluding hydrogens is 457 g/mol. The molecule has 2 aromatic rings. The summed E-state index contributed by atoms with van der Waals surface area (Å²) in [4.78, 5) is 4.25. The molecule has 146 valence electrons. The largest absolute Gasteiger partial charge is 0.494 e. The van der Waals surface area contributed by atoms with Gasteiger partial charge in [-0.15, -0.1) is 24.0 Å². The van der Waals surface area contributed by atoms with Crippen molar-refractivity contribution in [1.82, 2.24) is 5.32 Å². The number of halogens is 1. The lowest BCUT2D eigenvalue weighted by molar-refractivity contribution is 0.297. The van der Waals surface area contributed by atoms with Crippen LogP contribution < -0.4 is 24.8 Å². The summed E-state index contributed by atoms with van der Waals surface area (Å²) in [5, 5.41) is 6.55. The Kier molecular flexibility index (Phi) is 9.03. The molecule has 2 N–H and O–H groups in total. The van der Waals surface area contributed by atoms with Gasteiger partial charge in [-0.2, -0.15) is 0 Å². The van der Waals surface area contributed by atoms with Crippen molar-refractivity contribution >= 4 is 35.6 Å². The number of anilines is 1. The lowest BCUT2D eigenvalue weighted by Crippen LogP contribution is -2.32. The number of rotatable bonds is 6. The molecular formula is C20H26IN3O3. The molecule has 0 saturated carbocycles. The maximum Gasteiger partial charge on any atom is 0.195 e. The van der Waals surface area contributed by atoms with Gasteiger partial charge in [0.05, 0.1) is 19.8 Å². The molecule has 0 spiro atoms. The first-order valence-electron chi connectivity index (χ1n) is 8.90. The van der Waals surface area contributed by atoms with Crippen LogP contribution in [-0.4, -0.2) is 39.4 Å². The number of fused-ring (bicyclic) bond motifs is 1.